The van der Waals surface area contributed by atoms with E-state index in [1.165, 1.54) is 13.2 Å². The molecule has 3 heterocycles. The molecule has 2 unspecified atom stereocenters. The van der Waals surface area contributed by atoms with Crippen LogP contribution in [0.15, 0.2) is 36.8 Å². The minimum absolute atomic E-state index is 0.0369. The maximum Gasteiger partial charge on any atom is 0.142 e. The zero-order valence-electron chi connectivity index (χ0n) is 17.9. The first-order valence-electron chi connectivity index (χ1n) is 10.2. The lowest BCUT2D eigenvalue weighted by atomic mass is 9.91. The van der Waals surface area contributed by atoms with Crippen molar-refractivity contribution in [2.24, 2.45) is 0 Å². The van der Waals surface area contributed by atoms with E-state index in [2.05, 4.69) is 15.1 Å². The number of benzene rings is 1. The highest BCUT2D eigenvalue weighted by Gasteiger charge is 2.23. The number of nitrogens with zero attached hydrogens (tertiary/aromatic N) is 3. The largest absolute Gasteiger partial charge is 0.496 e. The standard InChI is InChI=1S/C23H24ClFN4O3/c1-12(21-20(32-3)5-4-19(25)22(21)24)17-8-27-23-16(17)6-14(7-26-23)18-9-28-29(13(18)2)10-15(31)11-30/h4-9,12,15,30-31H,10-11H2,1-3H3,(H,26,27). The lowest BCUT2D eigenvalue weighted by Gasteiger charge is -2.17. The molecule has 0 fully saturated rings. The highest BCUT2D eigenvalue weighted by Crippen LogP contribution is 2.41. The molecule has 0 aliphatic carbocycles. The van der Waals surface area contributed by atoms with E-state index in [4.69, 9.17) is 21.4 Å². The summed E-state index contributed by atoms with van der Waals surface area (Å²) in [6.45, 7) is 3.70. The fourth-order valence-corrected chi connectivity index (χ4v) is 4.31. The molecular formula is C23H24ClFN4O3. The van der Waals surface area contributed by atoms with E-state index in [0.29, 0.717) is 17.0 Å². The van der Waals surface area contributed by atoms with E-state index >= 15 is 0 Å². The number of H-pyrrole nitrogens is 1. The second-order valence-electron chi connectivity index (χ2n) is 7.73. The number of fused-ring (bicyclic) bond motifs is 1. The molecule has 3 aromatic heterocycles. The van der Waals surface area contributed by atoms with Crippen molar-refractivity contribution < 1.29 is 19.3 Å². The summed E-state index contributed by atoms with van der Waals surface area (Å²) in [6.07, 6.45) is 4.43. The van der Waals surface area contributed by atoms with Crippen LogP contribution in [0.5, 0.6) is 5.75 Å². The number of aliphatic hydroxyl groups excluding tert-OH is 2. The maximum absolute atomic E-state index is 14.2. The van der Waals surface area contributed by atoms with Gasteiger partial charge in [0, 0.05) is 46.1 Å². The Morgan fingerprint density at radius 2 is 2.09 bits per heavy atom. The van der Waals surface area contributed by atoms with E-state index in [0.717, 1.165) is 27.8 Å². The van der Waals surface area contributed by atoms with E-state index in [1.807, 2.05) is 26.1 Å². The van der Waals surface area contributed by atoms with Crippen molar-refractivity contribution in [1.29, 1.82) is 0 Å². The second kappa shape index (κ2) is 8.90. The molecule has 7 nitrogen and oxygen atoms in total. The Hall–Kier alpha value is -2.94. The first kappa shape index (κ1) is 22.3. The second-order valence-corrected chi connectivity index (χ2v) is 8.10. The molecule has 9 heteroatoms. The van der Waals surface area contributed by atoms with E-state index in [9.17, 15) is 9.50 Å². The van der Waals surface area contributed by atoms with Crippen molar-refractivity contribution >= 4 is 22.6 Å². The number of hydrogen-bond donors (Lipinski definition) is 3. The topological polar surface area (TPSA) is 96.2 Å². The van der Waals surface area contributed by atoms with Crippen LogP contribution in [0.1, 0.15) is 29.7 Å². The third-order valence-electron chi connectivity index (χ3n) is 5.78. The van der Waals surface area contributed by atoms with E-state index in [-0.39, 0.29) is 24.1 Å². The fourth-order valence-electron chi connectivity index (χ4n) is 3.99. The Morgan fingerprint density at radius 3 is 2.81 bits per heavy atom. The van der Waals surface area contributed by atoms with Crippen LogP contribution in [0.25, 0.3) is 22.2 Å². The monoisotopic (exact) mass is 458 g/mol. The molecule has 3 N–H and O–H groups in total. The minimum Gasteiger partial charge on any atom is -0.496 e. The number of pyridine rings is 1. The van der Waals surface area contributed by atoms with Crippen molar-refractivity contribution in [2.45, 2.75) is 32.4 Å². The van der Waals surface area contributed by atoms with Gasteiger partial charge in [0.25, 0.3) is 0 Å². The number of hydrogen-bond acceptors (Lipinski definition) is 5. The predicted octanol–water partition coefficient (Wildman–Crippen LogP) is 4.04. The molecule has 0 saturated heterocycles. The highest BCUT2D eigenvalue weighted by atomic mass is 35.5. The molecular weight excluding hydrogens is 435 g/mol. The van der Waals surface area contributed by atoms with Gasteiger partial charge in [-0.25, -0.2) is 9.37 Å². The Balaban J connectivity index is 1.78. The van der Waals surface area contributed by atoms with Crippen LogP contribution in [0.3, 0.4) is 0 Å². The van der Waals surface area contributed by atoms with Crippen molar-refractivity contribution in [2.75, 3.05) is 13.7 Å². The first-order valence-corrected chi connectivity index (χ1v) is 10.5. The van der Waals surface area contributed by atoms with Gasteiger partial charge in [-0.15, -0.1) is 0 Å². The van der Waals surface area contributed by atoms with Crippen LogP contribution in [0.2, 0.25) is 5.02 Å². The van der Waals surface area contributed by atoms with Crippen molar-refractivity contribution in [3.05, 3.63) is 64.5 Å². The lowest BCUT2D eigenvalue weighted by Crippen LogP contribution is -2.21. The van der Waals surface area contributed by atoms with Crippen LogP contribution in [-0.2, 0) is 6.54 Å². The van der Waals surface area contributed by atoms with Gasteiger partial charge in [0.2, 0.25) is 0 Å². The summed E-state index contributed by atoms with van der Waals surface area (Å²) < 4.78 is 21.3. The number of rotatable bonds is 7. The average Bonchev–Trinajstić information content (AvgIpc) is 3.38. The Kier molecular flexibility index (Phi) is 6.19. The number of methoxy groups -OCH3 is 1. The van der Waals surface area contributed by atoms with Crippen molar-refractivity contribution in [1.82, 2.24) is 19.7 Å². The minimum atomic E-state index is -0.884. The number of nitrogens with one attached hydrogen (secondary N) is 1. The van der Waals surface area contributed by atoms with Crippen LogP contribution in [0, 0.1) is 12.7 Å². The smallest absolute Gasteiger partial charge is 0.142 e. The fraction of sp³-hybridized carbons (Fsp3) is 0.304. The zero-order valence-corrected chi connectivity index (χ0v) is 18.7. The summed E-state index contributed by atoms with van der Waals surface area (Å²) in [6, 6.07) is 4.87. The van der Waals surface area contributed by atoms with Gasteiger partial charge in [-0.1, -0.05) is 18.5 Å². The molecule has 0 radical (unpaired) electrons. The van der Waals surface area contributed by atoms with Crippen LogP contribution in [0.4, 0.5) is 4.39 Å². The van der Waals surface area contributed by atoms with Crippen molar-refractivity contribution in [3.63, 3.8) is 0 Å². The summed E-state index contributed by atoms with van der Waals surface area (Å²) in [5.41, 5.74) is 4.74. The molecule has 1 aromatic carbocycles. The van der Waals surface area contributed by atoms with Crippen molar-refractivity contribution in [3.8, 4) is 16.9 Å². The Morgan fingerprint density at radius 1 is 1.31 bits per heavy atom. The van der Waals surface area contributed by atoms with Gasteiger partial charge < -0.3 is 19.9 Å². The molecule has 0 saturated carbocycles. The van der Waals surface area contributed by atoms with Gasteiger partial charge in [0.15, 0.2) is 0 Å². The zero-order chi connectivity index (χ0) is 23.0. The molecule has 4 rings (SSSR count). The number of aliphatic hydroxyl groups is 2. The lowest BCUT2D eigenvalue weighted by molar-refractivity contribution is 0.0777. The van der Waals surface area contributed by atoms with Crippen LogP contribution >= 0.6 is 11.6 Å². The van der Waals surface area contributed by atoms with Gasteiger partial charge >= 0.3 is 0 Å². The number of halogens is 2. The van der Waals surface area contributed by atoms with E-state index in [1.54, 1.807) is 23.1 Å². The number of aromatic nitrogens is 4. The van der Waals surface area contributed by atoms with Gasteiger partial charge in [-0.3, -0.25) is 4.68 Å². The van der Waals surface area contributed by atoms with Gasteiger partial charge in [-0.05, 0) is 30.7 Å². The number of ether oxygens (including phenoxy) is 1. The van der Waals surface area contributed by atoms with Gasteiger partial charge in [0.1, 0.15) is 17.2 Å². The predicted molar refractivity (Wildman–Crippen MR) is 121 cm³/mol. The molecule has 0 bridgehead atoms. The molecule has 0 amide bonds. The summed E-state index contributed by atoms with van der Waals surface area (Å²) in [7, 11) is 1.53. The van der Waals surface area contributed by atoms with Gasteiger partial charge in [-0.2, -0.15) is 5.10 Å². The van der Waals surface area contributed by atoms with Crippen LogP contribution < -0.4 is 4.74 Å². The molecule has 0 spiro atoms. The molecule has 4 aromatic rings. The normalized spacial score (nSPS) is 13.5. The molecule has 168 valence electrons. The maximum atomic E-state index is 14.2. The molecule has 0 aliphatic heterocycles. The average molecular weight is 459 g/mol. The van der Waals surface area contributed by atoms with Crippen LogP contribution in [-0.4, -0.2) is 49.8 Å². The Bertz CT molecular complexity index is 1270. The SMILES string of the molecule is COc1ccc(F)c(Cl)c1C(C)c1c[nH]c2ncc(-c3cnn(CC(O)CO)c3C)cc12. The molecule has 2 atom stereocenters. The summed E-state index contributed by atoms with van der Waals surface area (Å²) in [4.78, 5) is 7.72. The third-order valence-corrected chi connectivity index (χ3v) is 6.17. The summed E-state index contributed by atoms with van der Waals surface area (Å²) in [5.74, 6) is -0.245. The highest BCUT2D eigenvalue weighted by molar-refractivity contribution is 6.31. The Labute approximate surface area is 189 Å². The van der Waals surface area contributed by atoms with E-state index < -0.39 is 11.9 Å². The summed E-state index contributed by atoms with van der Waals surface area (Å²) >= 11 is 6.31. The molecule has 0 aliphatic rings. The summed E-state index contributed by atoms with van der Waals surface area (Å²) in [5, 5.41) is 24.1. The third kappa shape index (κ3) is 3.85. The van der Waals surface area contributed by atoms with Gasteiger partial charge in [0.05, 0.1) is 37.6 Å². The number of aromatic amines is 1. The molecule has 32 heavy (non-hydrogen) atoms. The first-order chi connectivity index (χ1) is 15.3. The quantitative estimate of drug-likeness (QED) is 0.388.